The number of benzene rings is 1. The molecule has 2 unspecified atom stereocenters. The Morgan fingerprint density at radius 2 is 1.78 bits per heavy atom. The molecule has 2 heteroatoms. The Morgan fingerprint density at radius 3 is 2.22 bits per heavy atom. The molecule has 1 rings (SSSR count). The van der Waals surface area contributed by atoms with Gasteiger partial charge in [-0.2, -0.15) is 0 Å². The summed E-state index contributed by atoms with van der Waals surface area (Å²) in [7, 11) is 0. The highest BCUT2D eigenvalue weighted by Crippen LogP contribution is 2.29. The SMILES string of the molecule is CCC(c1ccccc1)C(CCC(C)(C)C)NN. The molecule has 0 saturated carbocycles. The van der Waals surface area contributed by atoms with Gasteiger partial charge in [0.25, 0.3) is 0 Å². The Balaban J connectivity index is 2.72. The quantitative estimate of drug-likeness (QED) is 0.593. The third kappa shape index (κ3) is 4.79. The van der Waals surface area contributed by atoms with Crippen LogP contribution in [0.15, 0.2) is 30.3 Å². The Hall–Kier alpha value is -0.860. The summed E-state index contributed by atoms with van der Waals surface area (Å²) >= 11 is 0. The van der Waals surface area contributed by atoms with E-state index >= 15 is 0 Å². The van der Waals surface area contributed by atoms with Crippen LogP contribution in [-0.4, -0.2) is 6.04 Å². The van der Waals surface area contributed by atoms with Crippen molar-refractivity contribution in [2.45, 2.75) is 58.9 Å². The molecule has 0 aliphatic heterocycles. The van der Waals surface area contributed by atoms with Crippen LogP contribution in [0.1, 0.15) is 58.4 Å². The summed E-state index contributed by atoms with van der Waals surface area (Å²) in [6.07, 6.45) is 3.42. The van der Waals surface area contributed by atoms with Crippen LogP contribution in [0.5, 0.6) is 0 Å². The minimum atomic E-state index is 0.358. The normalized spacial score (nSPS) is 15.4. The molecule has 18 heavy (non-hydrogen) atoms. The van der Waals surface area contributed by atoms with Crippen LogP contribution in [0.25, 0.3) is 0 Å². The van der Waals surface area contributed by atoms with Crippen molar-refractivity contribution in [3.8, 4) is 0 Å². The van der Waals surface area contributed by atoms with Crippen molar-refractivity contribution in [1.82, 2.24) is 5.43 Å². The third-order valence-corrected chi connectivity index (χ3v) is 3.57. The van der Waals surface area contributed by atoms with Crippen LogP contribution < -0.4 is 11.3 Å². The summed E-state index contributed by atoms with van der Waals surface area (Å²) in [6, 6.07) is 11.0. The van der Waals surface area contributed by atoms with Crippen molar-refractivity contribution < 1.29 is 0 Å². The Labute approximate surface area is 112 Å². The molecule has 0 aliphatic rings. The van der Waals surface area contributed by atoms with E-state index < -0.39 is 0 Å². The van der Waals surface area contributed by atoms with Crippen LogP contribution in [0, 0.1) is 5.41 Å². The molecule has 0 heterocycles. The number of rotatable bonds is 6. The topological polar surface area (TPSA) is 38.0 Å². The molecule has 0 spiro atoms. The summed E-state index contributed by atoms with van der Waals surface area (Å²) in [6.45, 7) is 9.08. The van der Waals surface area contributed by atoms with E-state index in [0.717, 1.165) is 12.8 Å². The van der Waals surface area contributed by atoms with Crippen molar-refractivity contribution in [2.75, 3.05) is 0 Å². The molecule has 0 amide bonds. The zero-order chi connectivity index (χ0) is 13.6. The predicted octanol–water partition coefficient (Wildman–Crippen LogP) is 3.84. The van der Waals surface area contributed by atoms with Gasteiger partial charge in [0, 0.05) is 12.0 Å². The monoisotopic (exact) mass is 248 g/mol. The minimum Gasteiger partial charge on any atom is -0.271 e. The van der Waals surface area contributed by atoms with Gasteiger partial charge in [-0.15, -0.1) is 0 Å². The lowest BCUT2D eigenvalue weighted by molar-refractivity contribution is 0.307. The lowest BCUT2D eigenvalue weighted by atomic mass is 9.82. The maximum Gasteiger partial charge on any atom is 0.0279 e. The fourth-order valence-corrected chi connectivity index (χ4v) is 2.44. The number of nitrogens with two attached hydrogens (primary N) is 1. The second-order valence-corrected chi connectivity index (χ2v) is 6.30. The van der Waals surface area contributed by atoms with Gasteiger partial charge in [0.05, 0.1) is 0 Å². The minimum absolute atomic E-state index is 0.358. The molecule has 1 aromatic carbocycles. The highest BCUT2D eigenvalue weighted by Gasteiger charge is 2.22. The zero-order valence-corrected chi connectivity index (χ0v) is 12.2. The molecular weight excluding hydrogens is 220 g/mol. The first-order valence-electron chi connectivity index (χ1n) is 6.99. The summed E-state index contributed by atoms with van der Waals surface area (Å²) in [5, 5.41) is 0. The molecule has 0 radical (unpaired) electrons. The largest absolute Gasteiger partial charge is 0.271 e. The van der Waals surface area contributed by atoms with Crippen LogP contribution >= 0.6 is 0 Å². The summed E-state index contributed by atoms with van der Waals surface area (Å²) < 4.78 is 0. The average Bonchev–Trinajstić information content (AvgIpc) is 2.34. The zero-order valence-electron chi connectivity index (χ0n) is 12.2. The molecule has 0 fully saturated rings. The molecule has 1 aromatic rings. The van der Waals surface area contributed by atoms with E-state index in [2.05, 4.69) is 63.5 Å². The van der Waals surface area contributed by atoms with Crippen LogP contribution in [0.3, 0.4) is 0 Å². The fourth-order valence-electron chi connectivity index (χ4n) is 2.44. The maximum absolute atomic E-state index is 5.77. The molecule has 0 saturated heterocycles. The van der Waals surface area contributed by atoms with Gasteiger partial charge in [-0.25, -0.2) is 0 Å². The van der Waals surface area contributed by atoms with Gasteiger partial charge in [-0.3, -0.25) is 11.3 Å². The van der Waals surface area contributed by atoms with E-state index in [1.54, 1.807) is 0 Å². The van der Waals surface area contributed by atoms with Gasteiger partial charge in [0.15, 0.2) is 0 Å². The highest BCUT2D eigenvalue weighted by molar-refractivity contribution is 5.21. The van der Waals surface area contributed by atoms with E-state index in [-0.39, 0.29) is 0 Å². The van der Waals surface area contributed by atoms with Crippen molar-refractivity contribution >= 4 is 0 Å². The van der Waals surface area contributed by atoms with E-state index in [9.17, 15) is 0 Å². The Kier molecular flexibility index (Phi) is 5.83. The molecule has 102 valence electrons. The lowest BCUT2D eigenvalue weighted by Gasteiger charge is -2.29. The molecule has 0 aliphatic carbocycles. The maximum atomic E-state index is 5.77. The van der Waals surface area contributed by atoms with Gasteiger partial charge >= 0.3 is 0 Å². The van der Waals surface area contributed by atoms with Crippen LogP contribution in [0.2, 0.25) is 0 Å². The van der Waals surface area contributed by atoms with Gasteiger partial charge in [-0.1, -0.05) is 58.0 Å². The van der Waals surface area contributed by atoms with E-state index in [4.69, 9.17) is 5.84 Å². The van der Waals surface area contributed by atoms with Crippen molar-refractivity contribution in [1.29, 1.82) is 0 Å². The van der Waals surface area contributed by atoms with Crippen molar-refractivity contribution in [2.24, 2.45) is 11.3 Å². The second kappa shape index (κ2) is 6.91. The highest BCUT2D eigenvalue weighted by atomic mass is 15.2. The number of nitrogens with one attached hydrogen (secondary N) is 1. The molecule has 3 N–H and O–H groups in total. The van der Waals surface area contributed by atoms with Crippen molar-refractivity contribution in [3.63, 3.8) is 0 Å². The van der Waals surface area contributed by atoms with E-state index in [1.807, 2.05) is 0 Å². The first kappa shape index (κ1) is 15.2. The number of hydrazine groups is 1. The molecule has 2 nitrogen and oxygen atoms in total. The Morgan fingerprint density at radius 1 is 1.17 bits per heavy atom. The lowest BCUT2D eigenvalue weighted by Crippen LogP contribution is -2.40. The average molecular weight is 248 g/mol. The standard InChI is InChI=1S/C16H28N2/c1-5-14(13-9-7-6-8-10-13)15(18-17)11-12-16(2,3)4/h6-10,14-15,18H,5,11-12,17H2,1-4H3. The van der Waals surface area contributed by atoms with Gasteiger partial charge in [0.2, 0.25) is 0 Å². The third-order valence-electron chi connectivity index (χ3n) is 3.57. The van der Waals surface area contributed by atoms with Gasteiger partial charge < -0.3 is 0 Å². The predicted molar refractivity (Wildman–Crippen MR) is 79.3 cm³/mol. The number of hydrogen-bond acceptors (Lipinski definition) is 2. The van der Waals surface area contributed by atoms with Gasteiger partial charge in [-0.05, 0) is 30.2 Å². The van der Waals surface area contributed by atoms with Crippen LogP contribution in [0.4, 0.5) is 0 Å². The fraction of sp³-hybridized carbons (Fsp3) is 0.625. The van der Waals surface area contributed by atoms with Gasteiger partial charge in [0.1, 0.15) is 0 Å². The van der Waals surface area contributed by atoms with Crippen molar-refractivity contribution in [3.05, 3.63) is 35.9 Å². The Bertz CT molecular complexity index is 327. The molecular formula is C16H28N2. The smallest absolute Gasteiger partial charge is 0.0279 e. The van der Waals surface area contributed by atoms with Crippen LogP contribution in [-0.2, 0) is 0 Å². The second-order valence-electron chi connectivity index (χ2n) is 6.30. The molecule has 0 bridgehead atoms. The summed E-state index contributed by atoms with van der Waals surface area (Å²) in [4.78, 5) is 0. The number of hydrogen-bond donors (Lipinski definition) is 2. The molecule has 0 aromatic heterocycles. The molecule has 2 atom stereocenters. The summed E-state index contributed by atoms with van der Waals surface area (Å²) in [5.41, 5.74) is 4.78. The van der Waals surface area contributed by atoms with E-state index in [1.165, 1.54) is 12.0 Å². The van der Waals surface area contributed by atoms with E-state index in [0.29, 0.717) is 17.4 Å². The first-order chi connectivity index (χ1) is 8.48. The summed E-state index contributed by atoms with van der Waals surface area (Å²) in [5.74, 6) is 6.26. The first-order valence-corrected chi connectivity index (χ1v) is 6.99.